The zero-order chi connectivity index (χ0) is 14.0. The zero-order valence-corrected chi connectivity index (χ0v) is 11.6. The van der Waals surface area contributed by atoms with Gasteiger partial charge in [-0.3, -0.25) is 4.79 Å². The Morgan fingerprint density at radius 3 is 2.42 bits per heavy atom. The number of phenolic OH excluding ortho intramolecular Hbond substituents is 1. The first-order valence-electron chi connectivity index (χ1n) is 5.53. The Morgan fingerprint density at radius 1 is 1.11 bits per heavy atom. The molecular weight excluding hydrogens is 285 g/mol. The molecule has 2 rings (SSSR count). The molecule has 0 spiro atoms. The van der Waals surface area contributed by atoms with Gasteiger partial charge in [0.2, 0.25) is 0 Å². The molecule has 0 bridgehead atoms. The quantitative estimate of drug-likeness (QED) is 0.870. The van der Waals surface area contributed by atoms with E-state index in [-0.39, 0.29) is 11.3 Å². The van der Waals surface area contributed by atoms with Crippen molar-refractivity contribution >= 4 is 34.8 Å². The molecule has 0 aliphatic rings. The molecule has 1 amide bonds. The van der Waals surface area contributed by atoms with E-state index in [4.69, 9.17) is 23.2 Å². The van der Waals surface area contributed by atoms with Crippen LogP contribution in [-0.4, -0.2) is 11.0 Å². The van der Waals surface area contributed by atoms with E-state index in [9.17, 15) is 9.90 Å². The van der Waals surface area contributed by atoms with E-state index in [2.05, 4.69) is 5.32 Å². The van der Waals surface area contributed by atoms with Crippen molar-refractivity contribution in [2.45, 2.75) is 6.92 Å². The number of carbonyl (C=O) groups is 1. The highest BCUT2D eigenvalue weighted by Crippen LogP contribution is 2.24. The second-order valence-electron chi connectivity index (χ2n) is 4.07. The lowest BCUT2D eigenvalue weighted by molar-refractivity contribution is 0.102. The van der Waals surface area contributed by atoms with Gasteiger partial charge >= 0.3 is 0 Å². The molecule has 0 unspecified atom stereocenters. The van der Waals surface area contributed by atoms with Crippen LogP contribution in [0.2, 0.25) is 10.0 Å². The van der Waals surface area contributed by atoms with Gasteiger partial charge in [-0.05, 0) is 48.9 Å². The van der Waals surface area contributed by atoms with Crippen LogP contribution in [0.15, 0.2) is 36.4 Å². The number of nitrogens with one attached hydrogen (secondary N) is 1. The van der Waals surface area contributed by atoms with E-state index < -0.39 is 5.91 Å². The molecule has 3 nitrogen and oxygen atoms in total. The Kier molecular flexibility index (Phi) is 3.98. The lowest BCUT2D eigenvalue weighted by Gasteiger charge is -2.10. The third-order valence-electron chi connectivity index (χ3n) is 2.64. The molecule has 0 saturated heterocycles. The van der Waals surface area contributed by atoms with Crippen molar-refractivity contribution in [2.24, 2.45) is 0 Å². The Bertz CT molecular complexity index is 641. The average molecular weight is 296 g/mol. The largest absolute Gasteiger partial charge is 0.507 e. The van der Waals surface area contributed by atoms with Crippen LogP contribution in [0.25, 0.3) is 0 Å². The van der Waals surface area contributed by atoms with Crippen molar-refractivity contribution < 1.29 is 9.90 Å². The fourth-order valence-electron chi connectivity index (χ4n) is 1.65. The Morgan fingerprint density at radius 2 is 1.74 bits per heavy atom. The Balaban J connectivity index is 2.28. The smallest absolute Gasteiger partial charge is 0.259 e. The fourth-order valence-corrected chi connectivity index (χ4v) is 2.05. The number of phenols is 1. The summed E-state index contributed by atoms with van der Waals surface area (Å²) in [6.45, 7) is 1.83. The summed E-state index contributed by atoms with van der Waals surface area (Å²) in [5.74, 6) is -0.543. The maximum atomic E-state index is 12.1. The predicted molar refractivity (Wildman–Crippen MR) is 77.3 cm³/mol. The minimum atomic E-state index is -0.426. The molecule has 0 saturated carbocycles. The van der Waals surface area contributed by atoms with Crippen molar-refractivity contribution in [1.82, 2.24) is 0 Å². The molecule has 0 aliphatic carbocycles. The molecule has 0 fully saturated rings. The average Bonchev–Trinajstić information content (AvgIpc) is 2.35. The normalized spacial score (nSPS) is 10.3. The number of aromatic hydroxyl groups is 1. The molecule has 2 aromatic carbocycles. The highest BCUT2D eigenvalue weighted by Gasteiger charge is 2.13. The topological polar surface area (TPSA) is 49.3 Å². The number of hydrogen-bond acceptors (Lipinski definition) is 2. The van der Waals surface area contributed by atoms with Crippen molar-refractivity contribution in [3.05, 3.63) is 57.6 Å². The predicted octanol–water partition coefficient (Wildman–Crippen LogP) is 4.26. The van der Waals surface area contributed by atoms with Crippen LogP contribution in [-0.2, 0) is 0 Å². The summed E-state index contributed by atoms with van der Waals surface area (Å²) in [6, 6.07) is 9.44. The van der Waals surface area contributed by atoms with Crippen molar-refractivity contribution in [1.29, 1.82) is 0 Å². The number of hydrogen-bond donors (Lipinski definition) is 2. The van der Waals surface area contributed by atoms with Crippen LogP contribution >= 0.6 is 23.2 Å². The summed E-state index contributed by atoms with van der Waals surface area (Å²) in [5.41, 5.74) is 1.60. The van der Waals surface area contributed by atoms with Gasteiger partial charge in [-0.25, -0.2) is 0 Å². The molecule has 2 aromatic rings. The molecule has 98 valence electrons. The highest BCUT2D eigenvalue weighted by atomic mass is 35.5. The maximum Gasteiger partial charge on any atom is 0.259 e. The number of benzene rings is 2. The molecule has 0 aromatic heterocycles. The minimum absolute atomic E-state index is 0.117. The summed E-state index contributed by atoms with van der Waals surface area (Å²) in [5, 5.41) is 13.3. The lowest BCUT2D eigenvalue weighted by atomic mass is 10.1. The lowest BCUT2D eigenvalue weighted by Crippen LogP contribution is -2.13. The van der Waals surface area contributed by atoms with E-state index in [1.54, 1.807) is 18.2 Å². The zero-order valence-electron chi connectivity index (χ0n) is 10.1. The molecule has 0 heterocycles. The summed E-state index contributed by atoms with van der Waals surface area (Å²) >= 11 is 11.7. The number of halogens is 2. The first-order chi connectivity index (χ1) is 8.97. The summed E-state index contributed by atoms with van der Waals surface area (Å²) < 4.78 is 0. The van der Waals surface area contributed by atoms with Crippen molar-refractivity contribution in [3.8, 4) is 5.75 Å². The van der Waals surface area contributed by atoms with Crippen molar-refractivity contribution in [3.63, 3.8) is 0 Å². The third-order valence-corrected chi connectivity index (χ3v) is 3.11. The number of aryl methyl sites for hydroxylation is 1. The monoisotopic (exact) mass is 295 g/mol. The molecule has 0 atom stereocenters. The van der Waals surface area contributed by atoms with Crippen LogP contribution < -0.4 is 5.32 Å². The number of anilines is 1. The molecule has 0 radical (unpaired) electrons. The molecule has 2 N–H and O–H groups in total. The first-order valence-corrected chi connectivity index (χ1v) is 6.29. The standard InChI is InChI=1S/C14H11Cl2NO2/c1-8-6-9(15)2-4-12(8)17-14(19)11-7-10(16)3-5-13(11)18/h2-7,18H,1H3,(H,17,19). The van der Waals surface area contributed by atoms with Gasteiger partial charge in [-0.15, -0.1) is 0 Å². The van der Waals surface area contributed by atoms with Gasteiger partial charge < -0.3 is 10.4 Å². The second-order valence-corrected chi connectivity index (χ2v) is 4.95. The van der Waals surface area contributed by atoms with E-state index in [1.807, 2.05) is 6.92 Å². The summed E-state index contributed by atoms with van der Waals surface area (Å²) in [7, 11) is 0. The van der Waals surface area contributed by atoms with E-state index >= 15 is 0 Å². The number of amides is 1. The number of rotatable bonds is 2. The third kappa shape index (κ3) is 3.19. The first kappa shape index (κ1) is 13.7. The molecule has 0 aliphatic heterocycles. The second kappa shape index (κ2) is 5.51. The van der Waals surface area contributed by atoms with Gasteiger partial charge in [0, 0.05) is 15.7 Å². The maximum absolute atomic E-state index is 12.1. The van der Waals surface area contributed by atoms with E-state index in [1.165, 1.54) is 18.2 Å². The SMILES string of the molecule is Cc1cc(Cl)ccc1NC(=O)c1cc(Cl)ccc1O. The summed E-state index contributed by atoms with van der Waals surface area (Å²) in [6.07, 6.45) is 0. The van der Waals surface area contributed by atoms with Crippen LogP contribution in [0, 0.1) is 6.92 Å². The fraction of sp³-hybridized carbons (Fsp3) is 0.0714. The van der Waals surface area contributed by atoms with Crippen LogP contribution in [0.5, 0.6) is 5.75 Å². The van der Waals surface area contributed by atoms with Gasteiger partial charge in [0.15, 0.2) is 0 Å². The van der Waals surface area contributed by atoms with Gasteiger partial charge in [0.25, 0.3) is 5.91 Å². The van der Waals surface area contributed by atoms with E-state index in [0.717, 1.165) is 5.56 Å². The van der Waals surface area contributed by atoms with Crippen molar-refractivity contribution in [2.75, 3.05) is 5.32 Å². The van der Waals surface area contributed by atoms with Crippen LogP contribution in [0.1, 0.15) is 15.9 Å². The van der Waals surface area contributed by atoms with Gasteiger partial charge in [-0.2, -0.15) is 0 Å². The highest BCUT2D eigenvalue weighted by molar-refractivity contribution is 6.31. The van der Waals surface area contributed by atoms with Crippen LogP contribution in [0.4, 0.5) is 5.69 Å². The number of carbonyl (C=O) groups excluding carboxylic acids is 1. The minimum Gasteiger partial charge on any atom is -0.507 e. The van der Waals surface area contributed by atoms with E-state index in [0.29, 0.717) is 15.7 Å². The van der Waals surface area contributed by atoms with Gasteiger partial charge in [-0.1, -0.05) is 23.2 Å². The Hall–Kier alpha value is -1.71. The van der Waals surface area contributed by atoms with Gasteiger partial charge in [0.05, 0.1) is 5.56 Å². The van der Waals surface area contributed by atoms with Gasteiger partial charge in [0.1, 0.15) is 5.75 Å². The molecule has 19 heavy (non-hydrogen) atoms. The summed E-state index contributed by atoms with van der Waals surface area (Å²) in [4.78, 5) is 12.1. The molecular formula is C14H11Cl2NO2. The Labute approximate surface area is 120 Å². The van der Waals surface area contributed by atoms with Crippen LogP contribution in [0.3, 0.4) is 0 Å². The molecule has 5 heteroatoms.